The van der Waals surface area contributed by atoms with Crippen LogP contribution in [0.4, 0.5) is 0 Å². The van der Waals surface area contributed by atoms with Gasteiger partial charge in [0.1, 0.15) is 0 Å². The smallest absolute Gasteiger partial charge is 0.0159 e. The Hall–Kier alpha value is -6.24. The third-order valence-electron chi connectivity index (χ3n) is 11.3. The Balaban J connectivity index is 1.13. The Morgan fingerprint density at radius 3 is 1.39 bits per heavy atom. The lowest BCUT2D eigenvalue weighted by Crippen LogP contribution is -2.14. The Labute approximate surface area is 299 Å². The van der Waals surface area contributed by atoms with E-state index in [1.54, 1.807) is 0 Å². The molecule has 1 aliphatic rings. The average molecular weight is 649 g/mol. The summed E-state index contributed by atoms with van der Waals surface area (Å²) in [7, 11) is 0. The summed E-state index contributed by atoms with van der Waals surface area (Å²) in [5.74, 6) is 0. The molecule has 0 amide bonds. The Bertz CT molecular complexity index is 2740. The summed E-state index contributed by atoms with van der Waals surface area (Å²) in [4.78, 5) is 0. The maximum Gasteiger partial charge on any atom is 0.0159 e. The van der Waals surface area contributed by atoms with Crippen LogP contribution in [0.1, 0.15) is 25.0 Å². The first-order valence-corrected chi connectivity index (χ1v) is 17.9. The van der Waals surface area contributed by atoms with Gasteiger partial charge >= 0.3 is 0 Å². The predicted molar refractivity (Wildman–Crippen MR) is 218 cm³/mol. The van der Waals surface area contributed by atoms with Gasteiger partial charge in [0.25, 0.3) is 0 Å². The van der Waals surface area contributed by atoms with Crippen molar-refractivity contribution in [3.8, 4) is 55.6 Å². The first-order chi connectivity index (χ1) is 25.1. The third-order valence-corrected chi connectivity index (χ3v) is 11.3. The summed E-state index contributed by atoms with van der Waals surface area (Å²) in [6, 6.07) is 67.3. The molecule has 0 saturated carbocycles. The van der Waals surface area contributed by atoms with E-state index in [1.165, 1.54) is 99.1 Å². The molecule has 0 heteroatoms. The van der Waals surface area contributed by atoms with Gasteiger partial charge in [0, 0.05) is 5.41 Å². The van der Waals surface area contributed by atoms with Crippen LogP contribution in [0.5, 0.6) is 0 Å². The molecule has 1 aliphatic carbocycles. The highest BCUT2D eigenvalue weighted by atomic mass is 14.4. The van der Waals surface area contributed by atoms with Gasteiger partial charge in [0.15, 0.2) is 0 Å². The van der Waals surface area contributed by atoms with Gasteiger partial charge < -0.3 is 0 Å². The van der Waals surface area contributed by atoms with Crippen molar-refractivity contribution in [1.29, 1.82) is 0 Å². The molecule has 0 saturated heterocycles. The van der Waals surface area contributed by atoms with Crippen LogP contribution in [0.3, 0.4) is 0 Å². The minimum absolute atomic E-state index is 0.0192. The fourth-order valence-corrected chi connectivity index (χ4v) is 8.83. The molecule has 240 valence electrons. The van der Waals surface area contributed by atoms with Crippen LogP contribution in [-0.4, -0.2) is 0 Å². The van der Waals surface area contributed by atoms with E-state index in [4.69, 9.17) is 0 Å². The first-order valence-electron chi connectivity index (χ1n) is 17.9. The average Bonchev–Trinajstić information content (AvgIpc) is 3.42. The van der Waals surface area contributed by atoms with Crippen molar-refractivity contribution in [3.63, 3.8) is 0 Å². The van der Waals surface area contributed by atoms with E-state index >= 15 is 0 Å². The van der Waals surface area contributed by atoms with Gasteiger partial charge in [0.2, 0.25) is 0 Å². The quantitative estimate of drug-likeness (QED) is 0.167. The third kappa shape index (κ3) is 4.53. The number of hydrogen-bond acceptors (Lipinski definition) is 0. The van der Waals surface area contributed by atoms with Gasteiger partial charge in [-0.2, -0.15) is 0 Å². The fourth-order valence-electron chi connectivity index (χ4n) is 8.83. The van der Waals surface area contributed by atoms with Crippen LogP contribution < -0.4 is 0 Å². The molecule has 0 aromatic heterocycles. The lowest BCUT2D eigenvalue weighted by atomic mass is 9.81. The van der Waals surface area contributed by atoms with E-state index in [0.29, 0.717) is 0 Å². The van der Waals surface area contributed by atoms with E-state index in [9.17, 15) is 0 Å². The van der Waals surface area contributed by atoms with E-state index in [0.717, 1.165) is 0 Å². The molecule has 0 atom stereocenters. The van der Waals surface area contributed by atoms with Crippen LogP contribution in [0.15, 0.2) is 182 Å². The molecule has 0 nitrogen and oxygen atoms in total. The van der Waals surface area contributed by atoms with Gasteiger partial charge in [-0.05, 0) is 105 Å². The van der Waals surface area contributed by atoms with Crippen LogP contribution >= 0.6 is 0 Å². The summed E-state index contributed by atoms with van der Waals surface area (Å²) < 4.78 is 0. The van der Waals surface area contributed by atoms with Crippen molar-refractivity contribution in [1.82, 2.24) is 0 Å². The van der Waals surface area contributed by atoms with Gasteiger partial charge in [-0.1, -0.05) is 190 Å². The van der Waals surface area contributed by atoms with Crippen molar-refractivity contribution in [2.75, 3.05) is 0 Å². The molecule has 0 aliphatic heterocycles. The Morgan fingerprint density at radius 1 is 0.275 bits per heavy atom. The SMILES string of the molecule is CC1(C)c2ccccc2-c2ccc(-c3ccc(-c4c5ccccc5c(-c5ccc(-c6ccccc6)c6ccccc56)c5ccccc45)cc3)cc21. The molecule has 0 spiro atoms. The normalized spacial score (nSPS) is 13.1. The van der Waals surface area contributed by atoms with Gasteiger partial charge in [0.05, 0.1) is 0 Å². The van der Waals surface area contributed by atoms with Crippen LogP contribution in [0, 0.1) is 0 Å². The topological polar surface area (TPSA) is 0 Å². The van der Waals surface area contributed by atoms with E-state index in [-0.39, 0.29) is 5.41 Å². The van der Waals surface area contributed by atoms with Crippen molar-refractivity contribution in [2.24, 2.45) is 0 Å². The van der Waals surface area contributed by atoms with E-state index in [2.05, 4.69) is 196 Å². The second-order valence-corrected chi connectivity index (χ2v) is 14.4. The molecule has 9 aromatic rings. The van der Waals surface area contributed by atoms with E-state index in [1.807, 2.05) is 0 Å². The van der Waals surface area contributed by atoms with Crippen molar-refractivity contribution in [2.45, 2.75) is 19.3 Å². The summed E-state index contributed by atoms with van der Waals surface area (Å²) in [6.45, 7) is 4.70. The largest absolute Gasteiger partial charge is 0.0622 e. The first kappa shape index (κ1) is 29.7. The molecular formula is C51H36. The molecule has 0 heterocycles. The molecular weight excluding hydrogens is 613 g/mol. The highest BCUT2D eigenvalue weighted by Gasteiger charge is 2.35. The van der Waals surface area contributed by atoms with Crippen LogP contribution in [0.2, 0.25) is 0 Å². The molecule has 10 rings (SSSR count). The molecule has 51 heavy (non-hydrogen) atoms. The minimum atomic E-state index is -0.0192. The summed E-state index contributed by atoms with van der Waals surface area (Å²) >= 11 is 0. The zero-order chi connectivity index (χ0) is 34.1. The Morgan fingerprint density at radius 2 is 0.725 bits per heavy atom. The lowest BCUT2D eigenvalue weighted by molar-refractivity contribution is 0.660. The molecule has 0 N–H and O–H groups in total. The molecule has 0 radical (unpaired) electrons. The van der Waals surface area contributed by atoms with Gasteiger partial charge in [-0.25, -0.2) is 0 Å². The number of hydrogen-bond donors (Lipinski definition) is 0. The number of rotatable bonds is 4. The highest BCUT2D eigenvalue weighted by molar-refractivity contribution is 6.24. The predicted octanol–water partition coefficient (Wildman–Crippen LogP) is 14.1. The molecule has 9 aromatic carbocycles. The fraction of sp³-hybridized carbons (Fsp3) is 0.0588. The Kier molecular flexibility index (Phi) is 6.63. The minimum Gasteiger partial charge on any atom is -0.0622 e. The summed E-state index contributed by atoms with van der Waals surface area (Å²) in [5, 5.41) is 7.63. The number of fused-ring (bicyclic) bond motifs is 6. The lowest BCUT2D eigenvalue weighted by Gasteiger charge is -2.22. The van der Waals surface area contributed by atoms with Crippen LogP contribution in [-0.2, 0) is 5.41 Å². The van der Waals surface area contributed by atoms with E-state index < -0.39 is 0 Å². The molecule has 0 bridgehead atoms. The maximum atomic E-state index is 2.41. The zero-order valence-corrected chi connectivity index (χ0v) is 28.8. The zero-order valence-electron chi connectivity index (χ0n) is 28.8. The molecule has 0 fully saturated rings. The number of benzene rings is 9. The summed E-state index contributed by atoms with van der Waals surface area (Å²) in [6.07, 6.45) is 0. The standard InChI is InChI=1S/C51H36/c1-51(2)47-23-13-12-18-40(47)41-29-28-36(32-48(41)51)33-24-26-35(27-25-33)49-42-19-8-10-21-44(42)50(45-22-11-9-20-43(45)49)46-31-30-37(34-14-4-3-5-15-34)38-16-6-7-17-39(38)46/h3-32H,1-2H3. The second-order valence-electron chi connectivity index (χ2n) is 14.4. The molecule has 0 unspecified atom stereocenters. The van der Waals surface area contributed by atoms with Crippen LogP contribution in [0.25, 0.3) is 88.0 Å². The summed E-state index contributed by atoms with van der Waals surface area (Å²) in [5.41, 5.74) is 15.6. The maximum absolute atomic E-state index is 2.41. The second kappa shape index (κ2) is 11.4. The van der Waals surface area contributed by atoms with Crippen molar-refractivity contribution >= 4 is 32.3 Å². The van der Waals surface area contributed by atoms with Gasteiger partial charge in [-0.15, -0.1) is 0 Å². The van der Waals surface area contributed by atoms with Gasteiger partial charge in [-0.3, -0.25) is 0 Å². The monoisotopic (exact) mass is 648 g/mol. The van der Waals surface area contributed by atoms with Crippen molar-refractivity contribution in [3.05, 3.63) is 193 Å². The highest BCUT2D eigenvalue weighted by Crippen LogP contribution is 2.50. The van der Waals surface area contributed by atoms with Crippen molar-refractivity contribution < 1.29 is 0 Å².